The zero-order valence-electron chi connectivity index (χ0n) is 12.1. The second-order valence-corrected chi connectivity index (χ2v) is 5.91. The molecule has 1 N–H and O–H groups in total. The van der Waals surface area contributed by atoms with Crippen molar-refractivity contribution < 1.29 is 0 Å². The van der Waals surface area contributed by atoms with Crippen LogP contribution in [0.2, 0.25) is 10.0 Å². The number of hydrogen-bond acceptors (Lipinski definition) is 4. The lowest BCUT2D eigenvalue weighted by Crippen LogP contribution is -2.08. The van der Waals surface area contributed by atoms with Gasteiger partial charge in [-0.05, 0) is 36.4 Å². The summed E-state index contributed by atoms with van der Waals surface area (Å²) in [6, 6.07) is 11.3. The predicted molar refractivity (Wildman–Crippen MR) is 93.6 cm³/mol. The van der Waals surface area contributed by atoms with Gasteiger partial charge in [0.05, 0.1) is 16.2 Å². The first-order chi connectivity index (χ1) is 10.5. The molecule has 0 saturated carbocycles. The fourth-order valence-corrected chi connectivity index (χ4v) is 2.53. The Balaban J connectivity index is 2.01. The number of rotatable bonds is 3. The van der Waals surface area contributed by atoms with Gasteiger partial charge in [-0.25, -0.2) is 9.97 Å². The molecule has 1 aromatic heterocycles. The van der Waals surface area contributed by atoms with Crippen LogP contribution in [0.25, 0.3) is 10.9 Å². The lowest BCUT2D eigenvalue weighted by molar-refractivity contribution is 1.13. The highest BCUT2D eigenvalue weighted by Gasteiger charge is 2.08. The van der Waals surface area contributed by atoms with E-state index in [1.54, 1.807) is 6.07 Å². The summed E-state index contributed by atoms with van der Waals surface area (Å²) < 4.78 is 0. The molecule has 0 spiro atoms. The summed E-state index contributed by atoms with van der Waals surface area (Å²) in [5, 5.41) is 5.36. The first-order valence-electron chi connectivity index (χ1n) is 6.69. The molecule has 2 aromatic carbocycles. The molecule has 0 aliphatic carbocycles. The van der Waals surface area contributed by atoms with E-state index in [9.17, 15) is 0 Å². The highest BCUT2D eigenvalue weighted by molar-refractivity contribution is 6.33. The molecular formula is C16H14Cl2N4. The van der Waals surface area contributed by atoms with E-state index < -0.39 is 0 Å². The Morgan fingerprint density at radius 1 is 1.00 bits per heavy atom. The third-order valence-corrected chi connectivity index (χ3v) is 3.87. The maximum Gasteiger partial charge on any atom is 0.141 e. The van der Waals surface area contributed by atoms with Crippen LogP contribution in [0.3, 0.4) is 0 Å². The number of nitrogens with zero attached hydrogens (tertiary/aromatic N) is 3. The molecule has 0 amide bonds. The lowest BCUT2D eigenvalue weighted by Gasteiger charge is -2.15. The van der Waals surface area contributed by atoms with Gasteiger partial charge in [0.15, 0.2) is 0 Å². The van der Waals surface area contributed by atoms with Gasteiger partial charge < -0.3 is 10.2 Å². The van der Waals surface area contributed by atoms with Gasteiger partial charge in [0.25, 0.3) is 0 Å². The minimum atomic E-state index is 0.625. The average Bonchev–Trinajstić information content (AvgIpc) is 2.49. The van der Waals surface area contributed by atoms with Crippen molar-refractivity contribution in [2.75, 3.05) is 24.3 Å². The zero-order valence-corrected chi connectivity index (χ0v) is 13.7. The van der Waals surface area contributed by atoms with E-state index in [-0.39, 0.29) is 0 Å². The van der Waals surface area contributed by atoms with Crippen molar-refractivity contribution in [3.63, 3.8) is 0 Å². The highest BCUT2D eigenvalue weighted by atomic mass is 35.5. The minimum absolute atomic E-state index is 0.625. The van der Waals surface area contributed by atoms with Crippen LogP contribution in [-0.4, -0.2) is 24.1 Å². The number of benzene rings is 2. The van der Waals surface area contributed by atoms with Gasteiger partial charge in [0.1, 0.15) is 12.1 Å². The van der Waals surface area contributed by atoms with Gasteiger partial charge in [-0.2, -0.15) is 0 Å². The summed E-state index contributed by atoms with van der Waals surface area (Å²) in [5.74, 6) is 0.673. The van der Waals surface area contributed by atoms with Crippen LogP contribution in [-0.2, 0) is 0 Å². The number of hydrogen-bond donors (Lipinski definition) is 1. The van der Waals surface area contributed by atoms with Crippen LogP contribution >= 0.6 is 23.2 Å². The Bertz CT molecular complexity index is 833. The smallest absolute Gasteiger partial charge is 0.141 e. The van der Waals surface area contributed by atoms with E-state index in [0.29, 0.717) is 15.9 Å². The zero-order chi connectivity index (χ0) is 15.7. The van der Waals surface area contributed by atoms with Gasteiger partial charge in [-0.15, -0.1) is 0 Å². The number of aromatic nitrogens is 2. The molecule has 0 aliphatic rings. The second-order valence-electron chi connectivity index (χ2n) is 5.07. The molecule has 0 atom stereocenters. The van der Waals surface area contributed by atoms with Crippen molar-refractivity contribution in [1.82, 2.24) is 9.97 Å². The van der Waals surface area contributed by atoms with Crippen LogP contribution in [0.4, 0.5) is 17.2 Å². The van der Waals surface area contributed by atoms with Crippen molar-refractivity contribution >= 4 is 51.3 Å². The quantitative estimate of drug-likeness (QED) is 0.751. The van der Waals surface area contributed by atoms with Crippen molar-refractivity contribution in [2.45, 2.75) is 0 Å². The molecule has 0 saturated heterocycles. The number of nitrogens with one attached hydrogen (secondary N) is 1. The lowest BCUT2D eigenvalue weighted by atomic mass is 10.2. The SMILES string of the molecule is CN(C)c1ccc(Nc2ncnc3ccc(Cl)cc23)c(Cl)c1. The fraction of sp³-hybridized carbons (Fsp3) is 0.125. The number of anilines is 3. The Hall–Kier alpha value is -2.04. The van der Waals surface area contributed by atoms with Crippen molar-refractivity contribution in [3.05, 3.63) is 52.8 Å². The molecule has 1 heterocycles. The Morgan fingerprint density at radius 2 is 1.82 bits per heavy atom. The van der Waals surface area contributed by atoms with Crippen molar-refractivity contribution in [1.29, 1.82) is 0 Å². The van der Waals surface area contributed by atoms with Crippen LogP contribution in [0.5, 0.6) is 0 Å². The Kier molecular flexibility index (Phi) is 4.05. The van der Waals surface area contributed by atoms with E-state index in [4.69, 9.17) is 23.2 Å². The summed E-state index contributed by atoms with van der Waals surface area (Å²) >= 11 is 12.4. The first-order valence-corrected chi connectivity index (χ1v) is 7.44. The molecule has 0 aliphatic heterocycles. The maximum absolute atomic E-state index is 6.35. The molecule has 6 heteroatoms. The van der Waals surface area contributed by atoms with Crippen LogP contribution in [0, 0.1) is 0 Å². The van der Waals surface area contributed by atoms with Gasteiger partial charge in [-0.1, -0.05) is 23.2 Å². The number of halogens is 2. The Morgan fingerprint density at radius 3 is 2.55 bits per heavy atom. The van der Waals surface area contributed by atoms with Gasteiger partial charge in [0.2, 0.25) is 0 Å². The predicted octanol–water partition coefficient (Wildman–Crippen LogP) is 4.75. The van der Waals surface area contributed by atoms with Crippen LogP contribution < -0.4 is 10.2 Å². The van der Waals surface area contributed by atoms with Gasteiger partial charge in [0, 0.05) is 30.2 Å². The molecular weight excluding hydrogens is 319 g/mol. The molecule has 3 aromatic rings. The van der Waals surface area contributed by atoms with E-state index in [2.05, 4.69) is 15.3 Å². The largest absolute Gasteiger partial charge is 0.378 e. The van der Waals surface area contributed by atoms with E-state index in [0.717, 1.165) is 22.3 Å². The summed E-state index contributed by atoms with van der Waals surface area (Å²) in [5.41, 5.74) is 2.64. The first kappa shape index (κ1) is 14.9. The highest BCUT2D eigenvalue weighted by Crippen LogP contribution is 2.31. The monoisotopic (exact) mass is 332 g/mol. The van der Waals surface area contributed by atoms with E-state index in [1.165, 1.54) is 6.33 Å². The Labute approximate surface area is 138 Å². The van der Waals surface area contributed by atoms with Gasteiger partial charge in [-0.3, -0.25) is 0 Å². The van der Waals surface area contributed by atoms with E-state index in [1.807, 2.05) is 49.3 Å². The molecule has 112 valence electrons. The molecule has 0 fully saturated rings. The molecule has 0 radical (unpaired) electrons. The van der Waals surface area contributed by atoms with Crippen LogP contribution in [0.1, 0.15) is 0 Å². The summed E-state index contributed by atoms with van der Waals surface area (Å²) in [6.07, 6.45) is 1.51. The fourth-order valence-electron chi connectivity index (χ4n) is 2.14. The average molecular weight is 333 g/mol. The topological polar surface area (TPSA) is 41.0 Å². The minimum Gasteiger partial charge on any atom is -0.378 e. The third-order valence-electron chi connectivity index (χ3n) is 3.32. The van der Waals surface area contributed by atoms with Crippen molar-refractivity contribution in [3.8, 4) is 0 Å². The normalized spacial score (nSPS) is 10.7. The summed E-state index contributed by atoms with van der Waals surface area (Å²) in [7, 11) is 3.94. The molecule has 0 bridgehead atoms. The standard InChI is InChI=1S/C16H14Cl2N4/c1-22(2)11-4-6-15(13(18)8-11)21-16-12-7-10(17)3-5-14(12)19-9-20-16/h3-9H,1-2H3,(H,19,20,21). The molecule has 4 nitrogen and oxygen atoms in total. The van der Waals surface area contributed by atoms with E-state index >= 15 is 0 Å². The maximum atomic E-state index is 6.35. The summed E-state index contributed by atoms with van der Waals surface area (Å²) in [6.45, 7) is 0. The number of fused-ring (bicyclic) bond motifs is 1. The molecule has 0 unspecified atom stereocenters. The molecule has 3 rings (SSSR count). The third kappa shape index (κ3) is 2.93. The second kappa shape index (κ2) is 5.99. The van der Waals surface area contributed by atoms with Crippen molar-refractivity contribution in [2.24, 2.45) is 0 Å². The molecule has 22 heavy (non-hydrogen) atoms. The van der Waals surface area contributed by atoms with Crippen LogP contribution in [0.15, 0.2) is 42.7 Å². The van der Waals surface area contributed by atoms with Gasteiger partial charge >= 0.3 is 0 Å². The summed E-state index contributed by atoms with van der Waals surface area (Å²) in [4.78, 5) is 10.5.